The van der Waals surface area contributed by atoms with Crippen molar-refractivity contribution in [2.24, 2.45) is 0 Å². The van der Waals surface area contributed by atoms with Gasteiger partial charge in [-0.15, -0.1) is 0 Å². The lowest BCUT2D eigenvalue weighted by Gasteiger charge is -2.18. The van der Waals surface area contributed by atoms with Gasteiger partial charge >= 0.3 is 0 Å². The summed E-state index contributed by atoms with van der Waals surface area (Å²) in [5.74, 6) is -0.367. The maximum atomic E-state index is 12.2. The number of nitrogens with one attached hydrogen (secondary N) is 1. The van der Waals surface area contributed by atoms with Gasteiger partial charge in [0.2, 0.25) is 0 Å². The van der Waals surface area contributed by atoms with E-state index >= 15 is 0 Å². The number of carbonyl (C=O) groups excluding carboxylic acids is 2. The summed E-state index contributed by atoms with van der Waals surface area (Å²) in [5.41, 5.74) is 1.48. The molecule has 0 atom stereocenters. The Balaban J connectivity index is 2.10. The van der Waals surface area contributed by atoms with Crippen molar-refractivity contribution in [1.29, 1.82) is 0 Å². The number of nitrogens with zero attached hydrogens (tertiary/aromatic N) is 2. The van der Waals surface area contributed by atoms with E-state index < -0.39 is 0 Å². The molecule has 120 valence electrons. The van der Waals surface area contributed by atoms with Crippen molar-refractivity contribution in [3.8, 4) is 0 Å². The van der Waals surface area contributed by atoms with Crippen molar-refractivity contribution >= 4 is 29.1 Å². The molecular weight excluding hydrogens is 314 g/mol. The van der Waals surface area contributed by atoms with Crippen LogP contribution < -0.4 is 5.32 Å². The van der Waals surface area contributed by atoms with Gasteiger partial charge in [-0.2, -0.15) is 0 Å². The van der Waals surface area contributed by atoms with Crippen molar-refractivity contribution in [3.63, 3.8) is 0 Å². The molecule has 0 saturated carbocycles. The van der Waals surface area contributed by atoms with E-state index in [-0.39, 0.29) is 17.0 Å². The third-order valence-corrected chi connectivity index (χ3v) is 3.75. The number of halogens is 1. The summed E-state index contributed by atoms with van der Waals surface area (Å²) in [7, 11) is 0. The highest BCUT2D eigenvalue weighted by molar-refractivity contribution is 6.33. The van der Waals surface area contributed by atoms with Crippen molar-refractivity contribution in [1.82, 2.24) is 9.88 Å². The van der Waals surface area contributed by atoms with E-state index in [1.54, 1.807) is 41.3 Å². The van der Waals surface area contributed by atoms with Crippen molar-refractivity contribution in [2.75, 3.05) is 18.4 Å². The molecule has 0 saturated heterocycles. The summed E-state index contributed by atoms with van der Waals surface area (Å²) in [5, 5.41) is 2.89. The Kier molecular flexibility index (Phi) is 5.71. The molecule has 0 aliphatic rings. The number of amides is 2. The van der Waals surface area contributed by atoms with E-state index in [2.05, 4.69) is 10.3 Å². The highest BCUT2D eigenvalue weighted by Crippen LogP contribution is 2.16. The first kappa shape index (κ1) is 17.0. The average molecular weight is 332 g/mol. The highest BCUT2D eigenvalue weighted by Gasteiger charge is 2.13. The molecule has 0 bridgehead atoms. The Morgan fingerprint density at radius 3 is 2.35 bits per heavy atom. The molecule has 2 amide bonds. The van der Waals surface area contributed by atoms with Crippen molar-refractivity contribution in [3.05, 3.63) is 58.9 Å². The summed E-state index contributed by atoms with van der Waals surface area (Å²) in [6.07, 6.45) is 1.52. The number of hydrogen-bond donors (Lipinski definition) is 1. The Hall–Kier alpha value is -2.40. The Morgan fingerprint density at radius 1 is 1.13 bits per heavy atom. The fourth-order valence-corrected chi connectivity index (χ4v) is 2.35. The van der Waals surface area contributed by atoms with Gasteiger partial charge in [-0.25, -0.2) is 4.98 Å². The Morgan fingerprint density at radius 2 is 1.78 bits per heavy atom. The van der Waals surface area contributed by atoms with Crippen molar-refractivity contribution in [2.45, 2.75) is 13.8 Å². The van der Waals surface area contributed by atoms with E-state index in [0.29, 0.717) is 29.9 Å². The maximum Gasteiger partial charge on any atom is 0.258 e. The number of benzene rings is 1. The van der Waals surface area contributed by atoms with Gasteiger partial charge in [0.25, 0.3) is 11.8 Å². The van der Waals surface area contributed by atoms with Gasteiger partial charge in [0.1, 0.15) is 5.15 Å². The van der Waals surface area contributed by atoms with Gasteiger partial charge in [0.15, 0.2) is 0 Å². The number of carbonyl (C=O) groups is 2. The maximum absolute atomic E-state index is 12.2. The van der Waals surface area contributed by atoms with Crippen LogP contribution >= 0.6 is 11.6 Å². The van der Waals surface area contributed by atoms with E-state index in [1.807, 2.05) is 13.8 Å². The molecule has 5 nitrogen and oxygen atoms in total. The summed E-state index contributed by atoms with van der Waals surface area (Å²) in [6.45, 7) is 5.20. The van der Waals surface area contributed by atoms with Gasteiger partial charge in [-0.3, -0.25) is 9.59 Å². The van der Waals surface area contributed by atoms with E-state index in [4.69, 9.17) is 11.6 Å². The fourth-order valence-electron chi connectivity index (χ4n) is 2.14. The molecular formula is C17H18ClN3O2. The average Bonchev–Trinajstić information content (AvgIpc) is 2.57. The Labute approximate surface area is 140 Å². The van der Waals surface area contributed by atoms with Crippen LogP contribution in [0, 0.1) is 0 Å². The third-order valence-electron chi connectivity index (χ3n) is 3.44. The smallest absolute Gasteiger partial charge is 0.258 e. The second kappa shape index (κ2) is 7.74. The quantitative estimate of drug-likeness (QED) is 0.853. The van der Waals surface area contributed by atoms with E-state index in [0.717, 1.165) is 0 Å². The third kappa shape index (κ3) is 4.07. The number of aromatic nitrogens is 1. The molecule has 1 aromatic heterocycles. The SMILES string of the molecule is CCN(CC)C(=O)c1ccc(NC(=O)c2cccnc2Cl)cc1. The van der Waals surface area contributed by atoms with Gasteiger partial charge in [0.05, 0.1) is 5.56 Å². The molecule has 2 aromatic rings. The predicted octanol–water partition coefficient (Wildman–Crippen LogP) is 3.47. The summed E-state index contributed by atoms with van der Waals surface area (Å²) < 4.78 is 0. The number of rotatable bonds is 5. The van der Waals surface area contributed by atoms with E-state index in [1.165, 1.54) is 6.20 Å². The second-order valence-corrected chi connectivity index (χ2v) is 5.21. The molecule has 0 fully saturated rings. The summed E-state index contributed by atoms with van der Waals surface area (Å²) in [4.78, 5) is 30.0. The zero-order chi connectivity index (χ0) is 16.8. The number of anilines is 1. The lowest BCUT2D eigenvalue weighted by atomic mass is 10.1. The molecule has 0 aliphatic heterocycles. The molecule has 0 spiro atoms. The minimum atomic E-state index is -0.342. The standard InChI is InChI=1S/C17H18ClN3O2/c1-3-21(4-2)17(23)12-7-9-13(10-8-12)20-16(22)14-6-5-11-19-15(14)18/h5-11H,3-4H2,1-2H3,(H,20,22). The molecule has 0 unspecified atom stereocenters. The predicted molar refractivity (Wildman–Crippen MR) is 90.9 cm³/mol. The molecule has 0 radical (unpaired) electrons. The van der Waals surface area contributed by atoms with Crippen LogP contribution in [0.3, 0.4) is 0 Å². The van der Waals surface area contributed by atoms with Crippen LogP contribution in [0.15, 0.2) is 42.6 Å². The van der Waals surface area contributed by atoms with Crippen LogP contribution in [0.4, 0.5) is 5.69 Å². The first-order valence-electron chi connectivity index (χ1n) is 7.38. The van der Waals surface area contributed by atoms with Gasteiger partial charge in [0, 0.05) is 30.5 Å². The van der Waals surface area contributed by atoms with E-state index in [9.17, 15) is 9.59 Å². The zero-order valence-corrected chi connectivity index (χ0v) is 13.8. The van der Waals surface area contributed by atoms with Gasteiger partial charge < -0.3 is 10.2 Å². The van der Waals surface area contributed by atoms with Crippen LogP contribution in [-0.2, 0) is 0 Å². The first-order valence-corrected chi connectivity index (χ1v) is 7.75. The minimum absolute atomic E-state index is 0.0248. The van der Waals surface area contributed by atoms with Crippen LogP contribution in [0.2, 0.25) is 5.15 Å². The fraction of sp³-hybridized carbons (Fsp3) is 0.235. The normalized spacial score (nSPS) is 10.2. The molecule has 1 aromatic carbocycles. The summed E-state index contributed by atoms with van der Waals surface area (Å²) in [6, 6.07) is 10.0. The molecule has 6 heteroatoms. The topological polar surface area (TPSA) is 62.3 Å². The van der Waals surface area contributed by atoms with Gasteiger partial charge in [-0.05, 0) is 50.2 Å². The molecule has 2 rings (SSSR count). The minimum Gasteiger partial charge on any atom is -0.339 e. The molecule has 0 aliphatic carbocycles. The monoisotopic (exact) mass is 331 g/mol. The highest BCUT2D eigenvalue weighted by atomic mass is 35.5. The number of hydrogen-bond acceptors (Lipinski definition) is 3. The molecule has 23 heavy (non-hydrogen) atoms. The molecule has 1 N–H and O–H groups in total. The van der Waals surface area contributed by atoms with Crippen LogP contribution in [0.5, 0.6) is 0 Å². The van der Waals surface area contributed by atoms with Crippen LogP contribution in [0.1, 0.15) is 34.6 Å². The lowest BCUT2D eigenvalue weighted by Crippen LogP contribution is -2.30. The largest absolute Gasteiger partial charge is 0.339 e. The second-order valence-electron chi connectivity index (χ2n) is 4.85. The van der Waals surface area contributed by atoms with Crippen molar-refractivity contribution < 1.29 is 9.59 Å². The van der Waals surface area contributed by atoms with Crippen LogP contribution in [-0.4, -0.2) is 34.8 Å². The first-order chi connectivity index (χ1) is 11.1. The Bertz CT molecular complexity index is 697. The lowest BCUT2D eigenvalue weighted by molar-refractivity contribution is 0.0773. The molecule has 1 heterocycles. The zero-order valence-electron chi connectivity index (χ0n) is 13.0. The van der Waals surface area contributed by atoms with Crippen LogP contribution in [0.25, 0.3) is 0 Å². The number of pyridine rings is 1. The summed E-state index contributed by atoms with van der Waals surface area (Å²) >= 11 is 5.90. The van der Waals surface area contributed by atoms with Gasteiger partial charge in [-0.1, -0.05) is 11.6 Å².